The van der Waals surface area contributed by atoms with Crippen LogP contribution in [0.25, 0.3) is 0 Å². The molecule has 0 heterocycles. The summed E-state index contributed by atoms with van der Waals surface area (Å²) in [6.45, 7) is 2.73. The van der Waals surface area contributed by atoms with Crippen LogP contribution in [0.2, 0.25) is 0 Å². The summed E-state index contributed by atoms with van der Waals surface area (Å²) in [6, 6.07) is 15.4. The van der Waals surface area contributed by atoms with Gasteiger partial charge in [0.2, 0.25) is 5.91 Å². The highest BCUT2D eigenvalue weighted by Gasteiger charge is 2.24. The van der Waals surface area contributed by atoms with E-state index in [0.717, 1.165) is 12.1 Å². The van der Waals surface area contributed by atoms with E-state index in [4.69, 9.17) is 5.73 Å². The third kappa shape index (κ3) is 4.57. The number of hydrogen-bond donors (Lipinski definition) is 3. The van der Waals surface area contributed by atoms with E-state index in [1.54, 1.807) is 24.3 Å². The van der Waals surface area contributed by atoms with Crippen LogP contribution in [0.3, 0.4) is 0 Å². The highest BCUT2D eigenvalue weighted by Crippen LogP contribution is 2.22. The number of likely N-dealkylation sites (N-methyl/N-ethyl adjacent to an activating group) is 1. The molecule has 126 valence electrons. The molecular formula is C18H22N4O2. The lowest BCUT2D eigenvalue weighted by molar-refractivity contribution is -0.121. The van der Waals surface area contributed by atoms with Gasteiger partial charge in [-0.2, -0.15) is 0 Å². The number of hydrogen-bond acceptors (Lipinski definition) is 3. The Hall–Kier alpha value is -2.86. The van der Waals surface area contributed by atoms with Gasteiger partial charge in [0.15, 0.2) is 0 Å². The number of carbonyl (C=O) groups is 2. The SMILES string of the molecule is CCN(C)C(C(=O)Nc1cccc(NC(N)=O)c1)c1ccccc1. The van der Waals surface area contributed by atoms with Crippen molar-refractivity contribution in [2.75, 3.05) is 24.2 Å². The maximum absolute atomic E-state index is 12.8. The molecule has 2 rings (SSSR count). The quantitative estimate of drug-likeness (QED) is 0.763. The van der Waals surface area contributed by atoms with Crippen LogP contribution in [0, 0.1) is 0 Å². The van der Waals surface area contributed by atoms with Crippen LogP contribution < -0.4 is 16.4 Å². The monoisotopic (exact) mass is 326 g/mol. The van der Waals surface area contributed by atoms with Gasteiger partial charge >= 0.3 is 6.03 Å². The average Bonchev–Trinajstić information content (AvgIpc) is 2.55. The lowest BCUT2D eigenvalue weighted by Gasteiger charge is -2.26. The number of benzene rings is 2. The molecule has 0 saturated carbocycles. The number of rotatable bonds is 6. The van der Waals surface area contributed by atoms with Gasteiger partial charge in [-0.1, -0.05) is 43.3 Å². The Morgan fingerprint density at radius 2 is 1.67 bits per heavy atom. The maximum Gasteiger partial charge on any atom is 0.316 e. The van der Waals surface area contributed by atoms with Gasteiger partial charge in [-0.15, -0.1) is 0 Å². The van der Waals surface area contributed by atoms with Gasteiger partial charge in [0.1, 0.15) is 6.04 Å². The Morgan fingerprint density at radius 3 is 2.25 bits per heavy atom. The molecule has 0 aliphatic heterocycles. The average molecular weight is 326 g/mol. The molecule has 0 aromatic heterocycles. The summed E-state index contributed by atoms with van der Waals surface area (Å²) in [5, 5.41) is 5.39. The van der Waals surface area contributed by atoms with Crippen molar-refractivity contribution in [3.8, 4) is 0 Å². The zero-order valence-electron chi connectivity index (χ0n) is 13.8. The molecule has 0 spiro atoms. The van der Waals surface area contributed by atoms with Crippen LogP contribution in [0.1, 0.15) is 18.5 Å². The molecule has 1 atom stereocenters. The maximum atomic E-state index is 12.8. The van der Waals surface area contributed by atoms with E-state index in [1.807, 2.05) is 49.2 Å². The first-order valence-corrected chi connectivity index (χ1v) is 7.74. The Labute approximate surface area is 141 Å². The van der Waals surface area contributed by atoms with Crippen LogP contribution in [-0.2, 0) is 4.79 Å². The van der Waals surface area contributed by atoms with Crippen molar-refractivity contribution < 1.29 is 9.59 Å². The summed E-state index contributed by atoms with van der Waals surface area (Å²) < 4.78 is 0. The predicted molar refractivity (Wildman–Crippen MR) is 95.8 cm³/mol. The number of primary amides is 1. The second-order valence-electron chi connectivity index (χ2n) is 5.45. The first-order chi connectivity index (χ1) is 11.5. The highest BCUT2D eigenvalue weighted by molar-refractivity contribution is 5.96. The third-order valence-corrected chi connectivity index (χ3v) is 3.70. The number of carbonyl (C=O) groups excluding carboxylic acids is 2. The number of nitrogens with two attached hydrogens (primary N) is 1. The van der Waals surface area contributed by atoms with Crippen molar-refractivity contribution in [1.29, 1.82) is 0 Å². The fraction of sp³-hybridized carbons (Fsp3) is 0.222. The van der Waals surface area contributed by atoms with E-state index >= 15 is 0 Å². The molecule has 0 bridgehead atoms. The molecule has 0 saturated heterocycles. The summed E-state index contributed by atoms with van der Waals surface area (Å²) in [5.41, 5.74) is 7.16. The molecule has 24 heavy (non-hydrogen) atoms. The molecule has 6 nitrogen and oxygen atoms in total. The standard InChI is InChI=1S/C18H22N4O2/c1-3-22(2)16(13-8-5-4-6-9-13)17(23)20-14-10-7-11-15(12-14)21-18(19)24/h4-12,16H,3H2,1-2H3,(H,20,23)(H3,19,21,24). The lowest BCUT2D eigenvalue weighted by atomic mass is 10.0. The molecule has 0 fully saturated rings. The summed E-state index contributed by atoms with van der Waals surface area (Å²) in [6.07, 6.45) is 0. The van der Waals surface area contributed by atoms with Crippen molar-refractivity contribution in [3.63, 3.8) is 0 Å². The van der Waals surface area contributed by atoms with Gasteiger partial charge in [-0.25, -0.2) is 4.79 Å². The highest BCUT2D eigenvalue weighted by atomic mass is 16.2. The van der Waals surface area contributed by atoms with Crippen LogP contribution in [0.15, 0.2) is 54.6 Å². The van der Waals surface area contributed by atoms with E-state index in [2.05, 4.69) is 10.6 Å². The van der Waals surface area contributed by atoms with Gasteiger partial charge in [-0.3, -0.25) is 9.69 Å². The normalized spacial score (nSPS) is 11.8. The van der Waals surface area contributed by atoms with Crippen LogP contribution in [0.4, 0.5) is 16.2 Å². The van der Waals surface area contributed by atoms with E-state index in [-0.39, 0.29) is 5.91 Å². The molecule has 2 aromatic rings. The lowest BCUT2D eigenvalue weighted by Crippen LogP contribution is -2.34. The molecule has 0 aliphatic carbocycles. The predicted octanol–water partition coefficient (Wildman–Crippen LogP) is 2.81. The molecule has 4 N–H and O–H groups in total. The van der Waals surface area contributed by atoms with Crippen LogP contribution in [0.5, 0.6) is 0 Å². The Kier molecular flexibility index (Phi) is 5.92. The largest absolute Gasteiger partial charge is 0.351 e. The minimum Gasteiger partial charge on any atom is -0.351 e. The minimum atomic E-state index is -0.647. The minimum absolute atomic E-state index is 0.137. The second kappa shape index (κ2) is 8.12. The number of nitrogens with one attached hydrogen (secondary N) is 2. The molecule has 0 radical (unpaired) electrons. The van der Waals surface area contributed by atoms with Gasteiger partial charge in [0.05, 0.1) is 0 Å². The van der Waals surface area contributed by atoms with E-state index in [9.17, 15) is 9.59 Å². The van der Waals surface area contributed by atoms with Gasteiger partial charge in [-0.05, 0) is 37.4 Å². The van der Waals surface area contributed by atoms with Gasteiger partial charge in [0.25, 0.3) is 0 Å². The zero-order valence-corrected chi connectivity index (χ0v) is 13.8. The first-order valence-electron chi connectivity index (χ1n) is 7.74. The Balaban J connectivity index is 2.20. The van der Waals surface area contributed by atoms with E-state index in [1.165, 1.54) is 0 Å². The summed E-state index contributed by atoms with van der Waals surface area (Å²) >= 11 is 0. The molecule has 2 aromatic carbocycles. The van der Waals surface area contributed by atoms with Crippen LogP contribution in [-0.4, -0.2) is 30.4 Å². The van der Waals surface area contributed by atoms with Gasteiger partial charge < -0.3 is 16.4 Å². The summed E-state index contributed by atoms with van der Waals surface area (Å²) in [4.78, 5) is 25.7. The van der Waals surface area contributed by atoms with Crippen molar-refractivity contribution >= 4 is 23.3 Å². The van der Waals surface area contributed by atoms with E-state index < -0.39 is 12.1 Å². The van der Waals surface area contributed by atoms with Gasteiger partial charge in [0, 0.05) is 11.4 Å². The topological polar surface area (TPSA) is 87.5 Å². The molecular weight excluding hydrogens is 304 g/mol. The Bertz CT molecular complexity index is 703. The molecule has 1 unspecified atom stereocenters. The summed E-state index contributed by atoms with van der Waals surface area (Å²) in [7, 11) is 1.91. The number of urea groups is 1. The second-order valence-corrected chi connectivity index (χ2v) is 5.45. The van der Waals surface area contributed by atoms with Crippen molar-refractivity contribution in [2.24, 2.45) is 5.73 Å². The van der Waals surface area contributed by atoms with E-state index in [0.29, 0.717) is 11.4 Å². The van der Waals surface area contributed by atoms with Crippen molar-refractivity contribution in [1.82, 2.24) is 4.90 Å². The number of anilines is 2. The first kappa shape index (κ1) is 17.5. The van der Waals surface area contributed by atoms with Crippen molar-refractivity contribution in [3.05, 3.63) is 60.2 Å². The number of amides is 3. The molecule has 3 amide bonds. The molecule has 6 heteroatoms. The fourth-order valence-electron chi connectivity index (χ4n) is 2.45. The zero-order chi connectivity index (χ0) is 17.5. The fourth-order valence-corrected chi connectivity index (χ4v) is 2.45. The Morgan fingerprint density at radius 1 is 1.04 bits per heavy atom. The van der Waals surface area contributed by atoms with Crippen LogP contribution >= 0.6 is 0 Å². The summed E-state index contributed by atoms with van der Waals surface area (Å²) in [5.74, 6) is -0.137. The van der Waals surface area contributed by atoms with Crippen molar-refractivity contribution in [2.45, 2.75) is 13.0 Å². The third-order valence-electron chi connectivity index (χ3n) is 3.70. The number of nitrogens with zero attached hydrogens (tertiary/aromatic N) is 1. The molecule has 0 aliphatic rings. The smallest absolute Gasteiger partial charge is 0.316 e.